The molecule has 0 radical (unpaired) electrons. The van der Waals surface area contributed by atoms with Gasteiger partial charge < -0.3 is 5.32 Å². The van der Waals surface area contributed by atoms with E-state index in [4.69, 9.17) is 0 Å². The lowest BCUT2D eigenvalue weighted by Gasteiger charge is -2.26. The minimum Gasteiger partial charge on any atom is -0.375 e. The maximum atomic E-state index is 13.3. The Morgan fingerprint density at radius 2 is 1.79 bits per heavy atom. The zero-order chi connectivity index (χ0) is 20.4. The lowest BCUT2D eigenvalue weighted by molar-refractivity contribution is -0.119. The van der Waals surface area contributed by atoms with Gasteiger partial charge in [-0.25, -0.2) is 12.8 Å². The summed E-state index contributed by atoms with van der Waals surface area (Å²) < 4.78 is 41.0. The summed E-state index contributed by atoms with van der Waals surface area (Å²) >= 11 is 0. The minimum absolute atomic E-state index is 0.00832. The Morgan fingerprint density at radius 3 is 2.55 bits per heavy atom. The van der Waals surface area contributed by atoms with E-state index in [0.29, 0.717) is 12.0 Å². The molecule has 4 rings (SSSR count). The van der Waals surface area contributed by atoms with E-state index in [1.165, 1.54) is 30.3 Å². The van der Waals surface area contributed by atoms with Crippen molar-refractivity contribution in [3.8, 4) is 0 Å². The Kier molecular flexibility index (Phi) is 5.07. The van der Waals surface area contributed by atoms with Crippen LogP contribution in [-0.2, 0) is 27.7 Å². The van der Waals surface area contributed by atoms with Crippen molar-refractivity contribution in [3.05, 3.63) is 89.7 Å². The van der Waals surface area contributed by atoms with Crippen molar-refractivity contribution in [1.29, 1.82) is 0 Å². The molecule has 1 aliphatic rings. The summed E-state index contributed by atoms with van der Waals surface area (Å²) in [5.41, 5.74) is 2.57. The Balaban J connectivity index is 1.55. The number of Topliss-reactive ketones (excluding diaryl/α,β-unsaturated/α-hetero) is 1. The molecule has 1 unspecified atom stereocenters. The normalized spacial score (nSPS) is 16.0. The van der Waals surface area contributed by atoms with Crippen molar-refractivity contribution in [2.24, 2.45) is 0 Å². The van der Waals surface area contributed by atoms with Crippen LogP contribution in [0.25, 0.3) is 0 Å². The number of nitrogens with one attached hydrogen (secondary N) is 2. The van der Waals surface area contributed by atoms with E-state index in [2.05, 4.69) is 10.0 Å². The van der Waals surface area contributed by atoms with Gasteiger partial charge >= 0.3 is 0 Å². The van der Waals surface area contributed by atoms with Crippen LogP contribution in [0.15, 0.2) is 77.7 Å². The second-order valence-corrected chi connectivity index (χ2v) is 8.65. The smallest absolute Gasteiger partial charge is 0.261 e. The molecule has 1 aliphatic heterocycles. The second-order valence-electron chi connectivity index (χ2n) is 6.96. The largest absolute Gasteiger partial charge is 0.375 e. The van der Waals surface area contributed by atoms with Gasteiger partial charge in [0.1, 0.15) is 5.82 Å². The first-order valence-corrected chi connectivity index (χ1v) is 10.6. The summed E-state index contributed by atoms with van der Waals surface area (Å²) in [4.78, 5) is 12.6. The van der Waals surface area contributed by atoms with Crippen LogP contribution in [-0.4, -0.2) is 20.2 Å². The van der Waals surface area contributed by atoms with Crippen molar-refractivity contribution < 1.29 is 17.6 Å². The molecule has 3 aromatic rings. The second kappa shape index (κ2) is 7.67. The van der Waals surface area contributed by atoms with Crippen molar-refractivity contribution >= 4 is 27.2 Å². The van der Waals surface area contributed by atoms with Gasteiger partial charge in [0, 0.05) is 12.1 Å². The topological polar surface area (TPSA) is 75.3 Å². The maximum absolute atomic E-state index is 13.3. The fourth-order valence-electron chi connectivity index (χ4n) is 3.38. The predicted molar refractivity (Wildman–Crippen MR) is 110 cm³/mol. The number of carbonyl (C=O) groups is 1. The van der Waals surface area contributed by atoms with Gasteiger partial charge in [0.05, 0.1) is 16.6 Å². The average molecular weight is 410 g/mol. The zero-order valence-corrected chi connectivity index (χ0v) is 16.2. The zero-order valence-electron chi connectivity index (χ0n) is 15.4. The van der Waals surface area contributed by atoms with Crippen LogP contribution in [0.5, 0.6) is 0 Å². The van der Waals surface area contributed by atoms with E-state index in [0.717, 1.165) is 17.3 Å². The number of sulfonamides is 1. The lowest BCUT2D eigenvalue weighted by Crippen LogP contribution is -2.37. The number of benzene rings is 3. The lowest BCUT2D eigenvalue weighted by atomic mass is 9.93. The number of hydrogen-bond donors (Lipinski definition) is 2. The molecule has 29 heavy (non-hydrogen) atoms. The summed E-state index contributed by atoms with van der Waals surface area (Å²) in [7, 11) is -3.90. The third kappa shape index (κ3) is 4.30. The monoisotopic (exact) mass is 410 g/mol. The van der Waals surface area contributed by atoms with Crippen molar-refractivity contribution in [1.82, 2.24) is 0 Å². The van der Waals surface area contributed by atoms with Gasteiger partial charge in [0.2, 0.25) is 0 Å². The standard InChI is InChI=1S/C22H19FN2O3S/c23-17-7-4-8-18(14-17)25-29(27,28)19-9-10-20-16(12-19)13-22(26)21(24-20)11-15-5-2-1-3-6-15/h1-10,12,14,21,24-25H,11,13H2. The number of ketones is 1. The van der Waals surface area contributed by atoms with Crippen molar-refractivity contribution in [3.63, 3.8) is 0 Å². The molecule has 0 aliphatic carbocycles. The van der Waals surface area contributed by atoms with Gasteiger partial charge in [-0.15, -0.1) is 0 Å². The Morgan fingerprint density at radius 1 is 1.00 bits per heavy atom. The highest BCUT2D eigenvalue weighted by Crippen LogP contribution is 2.28. The summed E-state index contributed by atoms with van der Waals surface area (Å²) in [6, 6.07) is 19.2. The molecule has 3 aromatic carbocycles. The number of fused-ring (bicyclic) bond motifs is 1. The Bertz CT molecular complexity index is 1160. The van der Waals surface area contributed by atoms with Crippen LogP contribution >= 0.6 is 0 Å². The molecule has 1 heterocycles. The molecule has 0 spiro atoms. The van der Waals surface area contributed by atoms with Crippen molar-refractivity contribution in [2.75, 3.05) is 10.0 Å². The SMILES string of the molecule is O=C1Cc2cc(S(=O)(=O)Nc3cccc(F)c3)ccc2NC1Cc1ccccc1. The number of carbonyl (C=O) groups excluding carboxylic acids is 1. The van der Waals surface area contributed by atoms with Crippen LogP contribution in [0.1, 0.15) is 11.1 Å². The fourth-order valence-corrected chi connectivity index (χ4v) is 4.48. The van der Waals surface area contributed by atoms with Gasteiger partial charge in [-0.05, 0) is 53.9 Å². The van der Waals surface area contributed by atoms with Crippen LogP contribution in [0, 0.1) is 5.82 Å². The third-order valence-corrected chi connectivity index (χ3v) is 6.21. The van der Waals surface area contributed by atoms with Crippen LogP contribution in [0.3, 0.4) is 0 Å². The van der Waals surface area contributed by atoms with E-state index in [-0.39, 0.29) is 28.8 Å². The van der Waals surface area contributed by atoms with Crippen molar-refractivity contribution in [2.45, 2.75) is 23.8 Å². The molecule has 5 nitrogen and oxygen atoms in total. The maximum Gasteiger partial charge on any atom is 0.261 e. The highest BCUT2D eigenvalue weighted by Gasteiger charge is 2.27. The number of hydrogen-bond acceptors (Lipinski definition) is 4. The van der Waals surface area contributed by atoms with Gasteiger partial charge in [0.25, 0.3) is 10.0 Å². The highest BCUT2D eigenvalue weighted by atomic mass is 32.2. The number of halogens is 1. The molecule has 7 heteroatoms. The molecule has 0 saturated carbocycles. The van der Waals surface area contributed by atoms with Gasteiger partial charge in [-0.3, -0.25) is 9.52 Å². The molecular formula is C22H19FN2O3S. The molecule has 0 bridgehead atoms. The molecule has 2 N–H and O–H groups in total. The average Bonchev–Trinajstić information content (AvgIpc) is 2.68. The van der Waals surface area contributed by atoms with E-state index >= 15 is 0 Å². The molecule has 0 saturated heterocycles. The summed E-state index contributed by atoms with van der Waals surface area (Å²) in [5.74, 6) is -0.524. The first-order valence-electron chi connectivity index (χ1n) is 9.15. The quantitative estimate of drug-likeness (QED) is 0.671. The minimum atomic E-state index is -3.90. The van der Waals surface area contributed by atoms with E-state index < -0.39 is 15.8 Å². The Labute approximate surface area is 168 Å². The van der Waals surface area contributed by atoms with Gasteiger partial charge in [0.15, 0.2) is 5.78 Å². The van der Waals surface area contributed by atoms with Crippen LogP contribution in [0.4, 0.5) is 15.8 Å². The first kappa shape index (κ1) is 19.1. The van der Waals surface area contributed by atoms with Gasteiger partial charge in [-0.1, -0.05) is 36.4 Å². The van der Waals surface area contributed by atoms with Gasteiger partial charge in [-0.2, -0.15) is 0 Å². The summed E-state index contributed by atoms with van der Waals surface area (Å²) in [6.45, 7) is 0. The molecule has 0 fully saturated rings. The predicted octanol–water partition coefficient (Wildman–Crippen LogP) is 3.77. The number of rotatable bonds is 5. The number of anilines is 2. The van der Waals surface area contributed by atoms with Crippen LogP contribution in [0.2, 0.25) is 0 Å². The highest BCUT2D eigenvalue weighted by molar-refractivity contribution is 7.92. The van der Waals surface area contributed by atoms with E-state index in [9.17, 15) is 17.6 Å². The fraction of sp³-hybridized carbons (Fsp3) is 0.136. The van der Waals surface area contributed by atoms with Crippen LogP contribution < -0.4 is 10.0 Å². The molecular weight excluding hydrogens is 391 g/mol. The van der Waals surface area contributed by atoms with E-state index in [1.807, 2.05) is 30.3 Å². The molecule has 1 atom stereocenters. The Hall–Kier alpha value is -3.19. The summed E-state index contributed by atoms with van der Waals surface area (Å²) in [5, 5.41) is 3.22. The van der Waals surface area contributed by atoms with E-state index in [1.54, 1.807) is 6.07 Å². The summed E-state index contributed by atoms with van der Waals surface area (Å²) in [6.07, 6.45) is 0.726. The molecule has 0 aromatic heterocycles. The molecule has 0 amide bonds. The third-order valence-electron chi connectivity index (χ3n) is 4.83. The first-order chi connectivity index (χ1) is 13.9. The molecule has 148 valence electrons.